The van der Waals surface area contributed by atoms with E-state index in [9.17, 15) is 19.2 Å². The van der Waals surface area contributed by atoms with Crippen molar-refractivity contribution in [2.75, 3.05) is 13.1 Å². The zero-order valence-electron chi connectivity index (χ0n) is 16.1. The molecule has 0 fully saturated rings. The van der Waals surface area contributed by atoms with Crippen molar-refractivity contribution in [2.24, 2.45) is 0 Å². The van der Waals surface area contributed by atoms with Crippen LogP contribution >= 0.6 is 0 Å². The van der Waals surface area contributed by atoms with Crippen molar-refractivity contribution >= 4 is 22.7 Å². The molecule has 0 aliphatic heterocycles. The number of nitrogens with zero attached hydrogens (tertiary/aromatic N) is 2. The second kappa shape index (κ2) is 9.01. The second-order valence-electron chi connectivity index (χ2n) is 6.41. The van der Waals surface area contributed by atoms with Crippen molar-refractivity contribution in [1.29, 1.82) is 0 Å². The number of amides is 2. The Kier molecular flexibility index (Phi) is 6.23. The van der Waals surface area contributed by atoms with Gasteiger partial charge in [-0.15, -0.1) is 0 Å². The van der Waals surface area contributed by atoms with Gasteiger partial charge >= 0.3 is 5.69 Å². The van der Waals surface area contributed by atoms with Crippen molar-refractivity contribution in [1.82, 2.24) is 19.8 Å². The standard InChI is InChI=1S/C21H22N4O4/c1-2-24-20(28)16-10-6-7-11-17(16)25(21(24)29)14-18(26)22-12-13-23-19(27)15-8-4-3-5-9-15/h3-11H,2,12-14H2,1H3,(H,22,26)(H,23,27). The molecular weight excluding hydrogens is 372 g/mol. The first kappa shape index (κ1) is 20.1. The molecule has 0 saturated carbocycles. The highest BCUT2D eigenvalue weighted by Gasteiger charge is 2.14. The summed E-state index contributed by atoms with van der Waals surface area (Å²) in [5.41, 5.74) is 0.0653. The number of fused-ring (bicyclic) bond motifs is 1. The fourth-order valence-electron chi connectivity index (χ4n) is 3.07. The summed E-state index contributed by atoms with van der Waals surface area (Å²) in [6.07, 6.45) is 0. The highest BCUT2D eigenvalue weighted by molar-refractivity contribution is 5.94. The lowest BCUT2D eigenvalue weighted by atomic mass is 10.2. The number of aromatic nitrogens is 2. The lowest BCUT2D eigenvalue weighted by molar-refractivity contribution is -0.121. The molecule has 0 radical (unpaired) electrons. The second-order valence-corrected chi connectivity index (χ2v) is 6.41. The third-order valence-electron chi connectivity index (χ3n) is 4.52. The van der Waals surface area contributed by atoms with Crippen molar-refractivity contribution < 1.29 is 9.59 Å². The Hall–Kier alpha value is -3.68. The van der Waals surface area contributed by atoms with Crippen LogP contribution in [0.3, 0.4) is 0 Å². The first-order chi connectivity index (χ1) is 14.0. The number of nitrogens with one attached hydrogen (secondary N) is 2. The van der Waals surface area contributed by atoms with E-state index in [-0.39, 0.29) is 43.6 Å². The first-order valence-corrected chi connectivity index (χ1v) is 9.35. The zero-order valence-corrected chi connectivity index (χ0v) is 16.1. The van der Waals surface area contributed by atoms with E-state index in [2.05, 4.69) is 10.6 Å². The number of carbonyl (C=O) groups is 2. The maximum Gasteiger partial charge on any atom is 0.331 e. The molecule has 0 saturated heterocycles. The summed E-state index contributed by atoms with van der Waals surface area (Å²) in [6, 6.07) is 15.5. The third-order valence-corrected chi connectivity index (χ3v) is 4.52. The van der Waals surface area contributed by atoms with E-state index in [4.69, 9.17) is 0 Å². The van der Waals surface area contributed by atoms with E-state index in [0.29, 0.717) is 16.5 Å². The van der Waals surface area contributed by atoms with Crippen LogP contribution in [-0.2, 0) is 17.9 Å². The Morgan fingerprint density at radius 3 is 2.24 bits per heavy atom. The minimum atomic E-state index is -0.524. The number of carbonyl (C=O) groups excluding carboxylic acids is 2. The summed E-state index contributed by atoms with van der Waals surface area (Å²) in [6.45, 7) is 2.18. The molecule has 3 aromatic rings. The van der Waals surface area contributed by atoms with Gasteiger partial charge in [0.05, 0.1) is 10.9 Å². The van der Waals surface area contributed by atoms with Crippen molar-refractivity contribution in [2.45, 2.75) is 20.0 Å². The van der Waals surface area contributed by atoms with Gasteiger partial charge in [-0.05, 0) is 31.2 Å². The molecule has 0 unspecified atom stereocenters. The highest BCUT2D eigenvalue weighted by Crippen LogP contribution is 2.07. The van der Waals surface area contributed by atoms with E-state index in [0.717, 1.165) is 4.57 Å². The van der Waals surface area contributed by atoms with E-state index in [1.807, 2.05) is 6.07 Å². The van der Waals surface area contributed by atoms with E-state index in [1.165, 1.54) is 4.57 Å². The quantitative estimate of drug-likeness (QED) is 0.577. The van der Waals surface area contributed by atoms with E-state index >= 15 is 0 Å². The molecule has 0 aliphatic rings. The van der Waals surface area contributed by atoms with Crippen molar-refractivity contribution in [3.05, 3.63) is 81.0 Å². The van der Waals surface area contributed by atoms with Gasteiger partial charge in [-0.2, -0.15) is 0 Å². The first-order valence-electron chi connectivity index (χ1n) is 9.35. The molecule has 8 nitrogen and oxygen atoms in total. The molecule has 2 N–H and O–H groups in total. The summed E-state index contributed by atoms with van der Waals surface area (Å²) in [5.74, 6) is -0.607. The fourth-order valence-corrected chi connectivity index (χ4v) is 3.07. The predicted octanol–water partition coefficient (Wildman–Crippen LogP) is 0.729. The lowest BCUT2D eigenvalue weighted by Gasteiger charge is -2.13. The topological polar surface area (TPSA) is 102 Å². The summed E-state index contributed by atoms with van der Waals surface area (Å²) in [4.78, 5) is 49.4. The van der Waals surface area contributed by atoms with Crippen LogP contribution in [0.25, 0.3) is 10.9 Å². The lowest BCUT2D eigenvalue weighted by Crippen LogP contribution is -2.43. The summed E-state index contributed by atoms with van der Waals surface area (Å²) in [7, 11) is 0. The molecule has 150 valence electrons. The van der Waals surface area contributed by atoms with Crippen LogP contribution < -0.4 is 21.9 Å². The maximum atomic E-state index is 12.6. The Morgan fingerprint density at radius 1 is 0.862 bits per heavy atom. The number of benzene rings is 2. The third kappa shape index (κ3) is 4.43. The van der Waals surface area contributed by atoms with Crippen molar-refractivity contribution in [3.63, 3.8) is 0 Å². The van der Waals surface area contributed by atoms with E-state index in [1.54, 1.807) is 55.5 Å². The summed E-state index contributed by atoms with van der Waals surface area (Å²) < 4.78 is 2.40. The number of rotatable bonds is 7. The average Bonchev–Trinajstić information content (AvgIpc) is 2.75. The summed E-state index contributed by atoms with van der Waals surface area (Å²) >= 11 is 0. The molecule has 0 bridgehead atoms. The van der Waals surface area contributed by atoms with Crippen LogP contribution in [-0.4, -0.2) is 34.0 Å². The van der Waals surface area contributed by atoms with Crippen LogP contribution in [0, 0.1) is 0 Å². The molecule has 8 heteroatoms. The molecule has 0 aliphatic carbocycles. The largest absolute Gasteiger partial charge is 0.353 e. The normalized spacial score (nSPS) is 10.7. The Morgan fingerprint density at radius 2 is 1.52 bits per heavy atom. The molecule has 0 atom stereocenters. The number of para-hydroxylation sites is 1. The average molecular weight is 394 g/mol. The van der Waals surface area contributed by atoms with Gasteiger partial charge < -0.3 is 10.6 Å². The van der Waals surface area contributed by atoms with Crippen LogP contribution in [0.5, 0.6) is 0 Å². The molecule has 3 rings (SSSR count). The molecular formula is C21H22N4O4. The minimum absolute atomic E-state index is 0.216. The molecule has 2 aromatic carbocycles. The molecule has 1 aromatic heterocycles. The Labute approximate surface area is 166 Å². The molecule has 1 heterocycles. The highest BCUT2D eigenvalue weighted by atomic mass is 16.2. The molecule has 29 heavy (non-hydrogen) atoms. The van der Waals surface area contributed by atoms with Gasteiger partial charge in [0.15, 0.2) is 0 Å². The maximum absolute atomic E-state index is 12.6. The zero-order chi connectivity index (χ0) is 20.8. The van der Waals surface area contributed by atoms with Crippen LogP contribution in [0.4, 0.5) is 0 Å². The van der Waals surface area contributed by atoms with Gasteiger partial charge in [0, 0.05) is 25.2 Å². The monoisotopic (exact) mass is 394 g/mol. The van der Waals surface area contributed by atoms with Crippen LogP contribution in [0.2, 0.25) is 0 Å². The minimum Gasteiger partial charge on any atom is -0.353 e. The Balaban J connectivity index is 1.65. The van der Waals surface area contributed by atoms with Crippen molar-refractivity contribution in [3.8, 4) is 0 Å². The number of hydrogen-bond donors (Lipinski definition) is 2. The van der Waals surface area contributed by atoms with Gasteiger partial charge in [-0.3, -0.25) is 23.5 Å². The van der Waals surface area contributed by atoms with Gasteiger partial charge in [-0.1, -0.05) is 30.3 Å². The van der Waals surface area contributed by atoms with Gasteiger partial charge in [0.1, 0.15) is 6.54 Å². The molecule has 0 spiro atoms. The summed E-state index contributed by atoms with van der Waals surface area (Å²) in [5, 5.41) is 5.78. The van der Waals surface area contributed by atoms with Gasteiger partial charge in [0.2, 0.25) is 5.91 Å². The molecule has 2 amide bonds. The van der Waals surface area contributed by atoms with Gasteiger partial charge in [-0.25, -0.2) is 4.79 Å². The smallest absolute Gasteiger partial charge is 0.331 e. The van der Waals surface area contributed by atoms with Gasteiger partial charge in [0.25, 0.3) is 11.5 Å². The Bertz CT molecular complexity index is 1150. The fraction of sp³-hybridized carbons (Fsp3) is 0.238. The van der Waals surface area contributed by atoms with Crippen LogP contribution in [0.1, 0.15) is 17.3 Å². The number of hydrogen-bond acceptors (Lipinski definition) is 4. The van der Waals surface area contributed by atoms with E-state index < -0.39 is 5.69 Å². The predicted molar refractivity (Wildman–Crippen MR) is 110 cm³/mol. The SMILES string of the molecule is CCn1c(=O)c2ccccc2n(CC(=O)NCCNC(=O)c2ccccc2)c1=O. The van der Waals surface area contributed by atoms with Crippen LogP contribution in [0.15, 0.2) is 64.2 Å².